The Labute approximate surface area is 338 Å². The summed E-state index contributed by atoms with van der Waals surface area (Å²) in [6.45, 7) is 15.4. The zero-order chi connectivity index (χ0) is 39.5. The Kier molecular flexibility index (Phi) is 32.3. The number of aliphatic hydroxyl groups excluding tert-OH is 2. The van der Waals surface area contributed by atoms with Crippen molar-refractivity contribution in [1.82, 2.24) is 14.7 Å². The van der Waals surface area contributed by atoms with E-state index in [9.17, 15) is 14.7 Å². The normalized spacial score (nSPS) is 22.2. The Morgan fingerprint density at radius 1 is 0.725 bits per heavy atom. The van der Waals surface area contributed by atoms with Gasteiger partial charge in [-0.3, -0.25) is 4.90 Å². The zero-order valence-corrected chi connectivity index (χ0v) is 36.4. The number of rotatable bonds is 9. The minimum Gasteiger partial charge on any atom is -0.444 e. The van der Waals surface area contributed by atoms with Crippen LogP contribution in [0.4, 0.5) is 9.59 Å². The predicted molar refractivity (Wildman–Crippen MR) is 219 cm³/mol. The van der Waals surface area contributed by atoms with Gasteiger partial charge in [0.2, 0.25) is 0 Å². The molecular weight excluding hydrogens is 762 g/mol. The molecule has 2 aliphatic carbocycles. The quantitative estimate of drug-likeness (QED) is 0.156. The van der Waals surface area contributed by atoms with Crippen molar-refractivity contribution in [1.29, 1.82) is 0 Å². The summed E-state index contributed by atoms with van der Waals surface area (Å²) in [6.07, 6.45) is 10.5. The maximum absolute atomic E-state index is 12.0. The van der Waals surface area contributed by atoms with Gasteiger partial charge < -0.3 is 35.2 Å². The van der Waals surface area contributed by atoms with Crippen LogP contribution < -0.4 is 5.73 Å². The van der Waals surface area contributed by atoms with Gasteiger partial charge in [0.15, 0.2) is 0 Å². The number of alkyl halides is 4. The monoisotopic (exact) mass is 833 g/mol. The van der Waals surface area contributed by atoms with Crippen LogP contribution in [0, 0.1) is 0 Å². The summed E-state index contributed by atoms with van der Waals surface area (Å²) < 4.78 is 16.3. The summed E-state index contributed by atoms with van der Waals surface area (Å²) in [5, 5.41) is 18.5. The molecule has 0 unspecified atom stereocenters. The molecule has 3 aliphatic rings. The molecule has 0 aromatic rings. The van der Waals surface area contributed by atoms with Crippen molar-refractivity contribution in [2.24, 2.45) is 5.73 Å². The van der Waals surface area contributed by atoms with Crippen LogP contribution in [0.1, 0.15) is 121 Å². The second-order valence-corrected chi connectivity index (χ2v) is 16.3. The van der Waals surface area contributed by atoms with Crippen molar-refractivity contribution in [3.63, 3.8) is 0 Å². The first-order valence-corrected chi connectivity index (χ1v) is 20.2. The second kappa shape index (κ2) is 31.1. The third kappa shape index (κ3) is 29.8. The lowest BCUT2D eigenvalue weighted by Crippen LogP contribution is -2.53. The van der Waals surface area contributed by atoms with E-state index in [-0.39, 0.29) is 36.8 Å². The van der Waals surface area contributed by atoms with Crippen molar-refractivity contribution in [2.45, 2.75) is 155 Å². The number of hydrogen-bond donors (Lipinski definition) is 3. The van der Waals surface area contributed by atoms with Gasteiger partial charge in [-0.2, -0.15) is 0 Å². The topological polar surface area (TPSA) is 129 Å². The highest BCUT2D eigenvalue weighted by molar-refractivity contribution is 6.18. The van der Waals surface area contributed by atoms with Gasteiger partial charge in [0.25, 0.3) is 0 Å². The molecule has 15 heteroatoms. The SMILES string of the molecule is CC(C)(C)OC(=O)N(CCCl)CCCl.CC(C)(C)OC(=O)N1CCN(C2CCC(O)CC2)CC1.Cl.ClCCCCCCl.NC1CCC(O)CC1.[2H]C. The average molecular weight is 836 g/mol. The lowest BCUT2D eigenvalue weighted by atomic mass is 9.91. The summed E-state index contributed by atoms with van der Waals surface area (Å²) >= 11 is 21.9. The number of halogens is 5. The highest BCUT2D eigenvalue weighted by atomic mass is 35.5. The molecule has 4 N–H and O–H groups in total. The van der Waals surface area contributed by atoms with Gasteiger partial charge in [-0.05, 0) is 106 Å². The molecule has 3 fully saturated rings. The molecule has 2 saturated carbocycles. The molecule has 1 aliphatic heterocycles. The first kappa shape index (κ1) is 52.9. The van der Waals surface area contributed by atoms with E-state index in [2.05, 4.69) is 4.90 Å². The number of unbranched alkanes of at least 4 members (excludes halogenated alkanes) is 2. The molecular formula is C36H73Cl5N4O6. The molecule has 0 atom stereocenters. The van der Waals surface area contributed by atoms with E-state index < -0.39 is 11.2 Å². The van der Waals surface area contributed by atoms with Gasteiger partial charge in [0.05, 0.1) is 12.2 Å². The average Bonchev–Trinajstić information content (AvgIpc) is 3.07. The van der Waals surface area contributed by atoms with Crippen molar-refractivity contribution >= 4 is 71.0 Å². The molecule has 10 nitrogen and oxygen atoms in total. The summed E-state index contributed by atoms with van der Waals surface area (Å²) in [6, 6.07) is 0.942. The molecule has 2 amide bonds. The van der Waals surface area contributed by atoms with Crippen LogP contribution in [0.15, 0.2) is 0 Å². The van der Waals surface area contributed by atoms with Crippen LogP contribution in [0.5, 0.6) is 0 Å². The van der Waals surface area contributed by atoms with E-state index in [1.165, 1.54) is 18.7 Å². The number of piperazine rings is 1. The van der Waals surface area contributed by atoms with E-state index in [1.54, 1.807) is 4.90 Å². The lowest BCUT2D eigenvalue weighted by molar-refractivity contribution is 0.00409. The smallest absolute Gasteiger partial charge is 0.410 e. The predicted octanol–water partition coefficient (Wildman–Crippen LogP) is 8.48. The largest absolute Gasteiger partial charge is 0.444 e. The molecule has 1 heterocycles. The van der Waals surface area contributed by atoms with Crippen LogP contribution >= 0.6 is 58.8 Å². The van der Waals surface area contributed by atoms with Gasteiger partial charge >= 0.3 is 12.2 Å². The number of nitrogens with zero attached hydrogens (tertiary/aromatic N) is 3. The van der Waals surface area contributed by atoms with E-state index in [0.717, 1.165) is 102 Å². The standard InChI is InChI=1S/C15H28N2O3.C9H17Cl2NO2.C6H13NO.C5H10Cl2.CH4.ClH/c1-15(2,3)20-14(19)17-10-8-16(9-11-17)12-4-6-13(18)7-5-12;1-9(2,3)14-8(13)12(6-4-10)7-5-11;7-5-1-3-6(8)4-2-5;6-4-2-1-3-5-7;;/h12-13,18H,4-11H2,1-3H3;4-7H2,1-3H3;5-6,8H,1-4,7H2;1-5H2;1H4;1H/i;;;;1D;. The van der Waals surface area contributed by atoms with Crippen LogP contribution in [0.3, 0.4) is 0 Å². The molecule has 0 bridgehead atoms. The molecule has 308 valence electrons. The van der Waals surface area contributed by atoms with Crippen molar-refractivity contribution in [3.8, 4) is 0 Å². The summed E-state index contributed by atoms with van der Waals surface area (Å²) in [5.41, 5.74) is 4.68. The fourth-order valence-electron chi connectivity index (χ4n) is 5.31. The Balaban J connectivity index is -0.000000653. The lowest BCUT2D eigenvalue weighted by Gasteiger charge is -2.41. The summed E-state index contributed by atoms with van der Waals surface area (Å²) in [5.74, 6) is 2.32. The Morgan fingerprint density at radius 3 is 1.49 bits per heavy atom. The summed E-state index contributed by atoms with van der Waals surface area (Å²) in [7, 11) is 1.25. The molecule has 51 heavy (non-hydrogen) atoms. The molecule has 0 aromatic carbocycles. The fourth-order valence-corrected chi connectivity index (χ4v) is 6.10. The Hall–Kier alpha value is -0.170. The summed E-state index contributed by atoms with van der Waals surface area (Å²) in [4.78, 5) is 29.3. The maximum Gasteiger partial charge on any atom is 0.410 e. The van der Waals surface area contributed by atoms with Crippen molar-refractivity contribution in [3.05, 3.63) is 0 Å². The van der Waals surface area contributed by atoms with Crippen LogP contribution in [0.2, 0.25) is 0 Å². The highest BCUT2D eigenvalue weighted by Gasteiger charge is 2.30. The van der Waals surface area contributed by atoms with Crippen molar-refractivity contribution < 1.29 is 30.6 Å². The Morgan fingerprint density at radius 2 is 1.14 bits per heavy atom. The minimum atomic E-state index is -0.478. The fraction of sp³-hybridized carbons (Fsp3) is 0.944. The molecule has 0 spiro atoms. The van der Waals surface area contributed by atoms with Crippen LogP contribution in [-0.2, 0) is 9.47 Å². The number of aliphatic hydroxyl groups is 2. The molecule has 1 saturated heterocycles. The molecule has 3 rings (SSSR count). The minimum absolute atomic E-state index is 0. The number of carbonyl (C=O) groups is 2. The van der Waals surface area contributed by atoms with Gasteiger partial charge in [0.1, 0.15) is 11.2 Å². The number of amides is 2. The van der Waals surface area contributed by atoms with Gasteiger partial charge in [-0.15, -0.1) is 58.8 Å². The van der Waals surface area contributed by atoms with E-state index in [0.29, 0.717) is 36.9 Å². The number of nitrogens with two attached hydrogens (primary N) is 1. The third-order valence-electron chi connectivity index (χ3n) is 8.02. The molecule has 0 radical (unpaired) electrons. The van der Waals surface area contributed by atoms with E-state index in [1.807, 2.05) is 41.5 Å². The van der Waals surface area contributed by atoms with Gasteiger partial charge in [-0.25, -0.2) is 9.59 Å². The van der Waals surface area contributed by atoms with E-state index >= 15 is 0 Å². The van der Waals surface area contributed by atoms with Gasteiger partial charge in [0, 0.05) is 76.2 Å². The number of hydrogen-bond acceptors (Lipinski definition) is 8. The van der Waals surface area contributed by atoms with Crippen molar-refractivity contribution in [2.75, 3.05) is 62.8 Å². The maximum atomic E-state index is 12.0. The van der Waals surface area contributed by atoms with Crippen LogP contribution in [-0.4, -0.2) is 135 Å². The van der Waals surface area contributed by atoms with E-state index in [4.69, 9.17) is 68.1 Å². The number of ether oxygens (including phenoxy) is 2. The van der Waals surface area contributed by atoms with Crippen LogP contribution in [0.25, 0.3) is 0 Å². The highest BCUT2D eigenvalue weighted by Crippen LogP contribution is 2.24. The second-order valence-electron chi connectivity index (χ2n) is 14.8. The number of carbonyl (C=O) groups excluding carboxylic acids is 2. The first-order chi connectivity index (χ1) is 24.0. The van der Waals surface area contributed by atoms with Gasteiger partial charge in [-0.1, -0.05) is 13.8 Å². The molecule has 0 aromatic heterocycles. The third-order valence-corrected chi connectivity index (χ3v) is 8.89. The Bertz CT molecular complexity index is 832. The first-order valence-electron chi connectivity index (χ1n) is 19.0. The zero-order valence-electron chi connectivity index (χ0n) is 33.5.